The number of nitrogens with zero attached hydrogens (tertiary/aromatic N) is 5. The molecule has 1 fully saturated rings. The SMILES string of the molecule is CCOC(=O)CC1CCCN(Cc2ccc(C(=O)NN(CC(C)C)c3nc(C#N)ncc3Cl)cc2)C1. The number of nitriles is 1. The molecule has 2 heterocycles. The van der Waals surface area contributed by atoms with Crippen molar-refractivity contribution in [2.75, 3.05) is 31.3 Å². The molecule has 1 saturated heterocycles. The van der Waals surface area contributed by atoms with Crippen molar-refractivity contribution in [1.82, 2.24) is 20.3 Å². The molecule has 10 heteroatoms. The average Bonchev–Trinajstić information content (AvgIpc) is 2.84. The van der Waals surface area contributed by atoms with Crippen LogP contribution in [0, 0.1) is 23.2 Å². The summed E-state index contributed by atoms with van der Waals surface area (Å²) in [5.74, 6) is 0.334. The van der Waals surface area contributed by atoms with Gasteiger partial charge in [-0.05, 0) is 55.8 Å². The fourth-order valence-electron chi connectivity index (χ4n) is 4.28. The van der Waals surface area contributed by atoms with Crippen LogP contribution in [0.1, 0.15) is 61.8 Å². The Kier molecular flexibility index (Phi) is 10.0. The van der Waals surface area contributed by atoms with Gasteiger partial charge in [-0.1, -0.05) is 37.6 Å². The van der Waals surface area contributed by atoms with Crippen LogP contribution >= 0.6 is 11.6 Å². The molecule has 2 aromatic rings. The third-order valence-corrected chi connectivity index (χ3v) is 6.12. The van der Waals surface area contributed by atoms with E-state index in [0.29, 0.717) is 31.1 Å². The van der Waals surface area contributed by atoms with Crippen LogP contribution in [0.2, 0.25) is 5.02 Å². The number of nitrogens with one attached hydrogen (secondary N) is 1. The topological polar surface area (TPSA) is 111 Å². The van der Waals surface area contributed by atoms with Crippen molar-refractivity contribution >= 4 is 29.3 Å². The summed E-state index contributed by atoms with van der Waals surface area (Å²) in [6, 6.07) is 9.38. The van der Waals surface area contributed by atoms with Crippen molar-refractivity contribution in [3.05, 3.63) is 52.4 Å². The van der Waals surface area contributed by atoms with E-state index in [4.69, 9.17) is 21.6 Å². The molecule has 1 amide bonds. The van der Waals surface area contributed by atoms with Crippen molar-refractivity contribution < 1.29 is 14.3 Å². The van der Waals surface area contributed by atoms with Crippen molar-refractivity contribution in [2.45, 2.75) is 46.6 Å². The smallest absolute Gasteiger partial charge is 0.306 e. The number of piperidine rings is 1. The van der Waals surface area contributed by atoms with Crippen molar-refractivity contribution in [3.63, 3.8) is 0 Å². The van der Waals surface area contributed by atoms with Crippen LogP contribution in [-0.4, -0.2) is 53.0 Å². The normalized spacial score (nSPS) is 15.8. The minimum Gasteiger partial charge on any atom is -0.466 e. The van der Waals surface area contributed by atoms with Crippen LogP contribution in [0.25, 0.3) is 0 Å². The molecular weight excluding hydrogens is 480 g/mol. The zero-order chi connectivity index (χ0) is 26.1. The monoisotopic (exact) mass is 512 g/mol. The van der Waals surface area contributed by atoms with E-state index in [1.165, 1.54) is 6.20 Å². The lowest BCUT2D eigenvalue weighted by Crippen LogP contribution is -2.45. The maximum atomic E-state index is 13.0. The highest BCUT2D eigenvalue weighted by molar-refractivity contribution is 6.32. The van der Waals surface area contributed by atoms with Gasteiger partial charge in [0.15, 0.2) is 5.82 Å². The number of hydrogen-bond acceptors (Lipinski definition) is 8. The molecule has 0 saturated carbocycles. The Morgan fingerprint density at radius 1 is 1.33 bits per heavy atom. The Bertz CT molecular complexity index is 1090. The van der Waals surface area contributed by atoms with Crippen LogP contribution in [0.4, 0.5) is 5.82 Å². The van der Waals surface area contributed by atoms with Crippen LogP contribution in [0.15, 0.2) is 30.5 Å². The molecule has 0 bridgehead atoms. The molecule has 3 rings (SSSR count). The standard InChI is InChI=1S/C26H33ClN6O3/c1-4-36-24(34)12-20-6-5-11-32(17-20)16-19-7-9-21(10-8-19)26(35)31-33(15-18(2)3)25-22(27)14-29-23(13-28)30-25/h7-10,14,18,20H,4-6,11-12,15-17H2,1-3H3,(H,31,35). The van der Waals surface area contributed by atoms with E-state index in [1.807, 2.05) is 39.0 Å². The summed E-state index contributed by atoms with van der Waals surface area (Å²) in [7, 11) is 0. The number of hydrazine groups is 1. The molecule has 1 aliphatic heterocycles. The largest absolute Gasteiger partial charge is 0.466 e. The number of anilines is 1. The maximum absolute atomic E-state index is 13.0. The molecule has 0 spiro atoms. The highest BCUT2D eigenvalue weighted by Crippen LogP contribution is 2.23. The second-order valence-electron chi connectivity index (χ2n) is 9.37. The number of amides is 1. The number of carbonyl (C=O) groups is 2. The lowest BCUT2D eigenvalue weighted by Gasteiger charge is -2.32. The number of hydrogen-bond donors (Lipinski definition) is 1. The lowest BCUT2D eigenvalue weighted by atomic mass is 9.94. The van der Waals surface area contributed by atoms with Gasteiger partial charge in [0, 0.05) is 31.6 Å². The van der Waals surface area contributed by atoms with E-state index in [0.717, 1.165) is 38.0 Å². The zero-order valence-corrected chi connectivity index (χ0v) is 21.8. The second-order valence-corrected chi connectivity index (χ2v) is 9.78. The minimum absolute atomic E-state index is 0.0241. The average molecular weight is 513 g/mol. The third-order valence-electron chi connectivity index (χ3n) is 5.85. The first kappa shape index (κ1) is 27.4. The Labute approximate surface area is 217 Å². The molecular formula is C26H33ClN6O3. The van der Waals surface area contributed by atoms with Gasteiger partial charge in [-0.25, -0.2) is 4.98 Å². The molecule has 1 aliphatic rings. The molecule has 1 aromatic carbocycles. The van der Waals surface area contributed by atoms with Crippen molar-refractivity contribution in [1.29, 1.82) is 5.26 Å². The molecule has 36 heavy (non-hydrogen) atoms. The molecule has 192 valence electrons. The molecule has 1 N–H and O–H groups in total. The van der Waals surface area contributed by atoms with Gasteiger partial charge in [0.1, 0.15) is 11.1 Å². The lowest BCUT2D eigenvalue weighted by molar-refractivity contribution is -0.144. The fraction of sp³-hybridized carbons (Fsp3) is 0.500. The van der Waals surface area contributed by atoms with E-state index in [-0.39, 0.29) is 34.5 Å². The molecule has 0 radical (unpaired) electrons. The number of ether oxygens (including phenoxy) is 1. The minimum atomic E-state index is -0.303. The second kappa shape index (κ2) is 13.2. The van der Waals surface area contributed by atoms with E-state index < -0.39 is 0 Å². The summed E-state index contributed by atoms with van der Waals surface area (Å²) in [5, 5.41) is 10.9. The number of likely N-dealkylation sites (tertiary alicyclic amines) is 1. The van der Waals surface area contributed by atoms with Gasteiger partial charge < -0.3 is 4.74 Å². The Morgan fingerprint density at radius 2 is 2.08 bits per heavy atom. The highest BCUT2D eigenvalue weighted by Gasteiger charge is 2.23. The Hall–Kier alpha value is -3.22. The number of halogens is 1. The summed E-state index contributed by atoms with van der Waals surface area (Å²) >= 11 is 6.27. The van der Waals surface area contributed by atoms with Crippen molar-refractivity contribution in [2.24, 2.45) is 11.8 Å². The molecule has 0 aliphatic carbocycles. The number of carbonyl (C=O) groups excluding carboxylic acids is 2. The summed E-state index contributed by atoms with van der Waals surface area (Å²) in [4.78, 5) is 35.3. The Morgan fingerprint density at radius 3 is 2.75 bits per heavy atom. The summed E-state index contributed by atoms with van der Waals surface area (Å²) in [6.45, 7) is 9.30. The van der Waals surface area contributed by atoms with Crippen LogP contribution in [0.5, 0.6) is 0 Å². The van der Waals surface area contributed by atoms with E-state index >= 15 is 0 Å². The van der Waals surface area contributed by atoms with E-state index in [1.54, 1.807) is 17.1 Å². The first-order valence-electron chi connectivity index (χ1n) is 12.3. The van der Waals surface area contributed by atoms with Gasteiger partial charge in [-0.15, -0.1) is 0 Å². The Balaban J connectivity index is 1.63. The van der Waals surface area contributed by atoms with Crippen molar-refractivity contribution in [3.8, 4) is 6.07 Å². The predicted molar refractivity (Wildman–Crippen MR) is 137 cm³/mol. The van der Waals surface area contributed by atoms with Gasteiger partial charge in [-0.2, -0.15) is 10.2 Å². The molecule has 1 atom stereocenters. The van der Waals surface area contributed by atoms with Gasteiger partial charge in [0.25, 0.3) is 5.91 Å². The first-order valence-corrected chi connectivity index (χ1v) is 12.6. The third kappa shape index (κ3) is 7.90. The quantitative estimate of drug-likeness (QED) is 0.376. The van der Waals surface area contributed by atoms with Crippen LogP contribution in [-0.2, 0) is 16.1 Å². The zero-order valence-electron chi connectivity index (χ0n) is 21.0. The van der Waals surface area contributed by atoms with E-state index in [2.05, 4.69) is 20.3 Å². The van der Waals surface area contributed by atoms with Gasteiger partial charge in [0.2, 0.25) is 5.82 Å². The molecule has 1 aromatic heterocycles. The van der Waals surface area contributed by atoms with Gasteiger partial charge >= 0.3 is 5.97 Å². The van der Waals surface area contributed by atoms with Crippen LogP contribution < -0.4 is 10.4 Å². The van der Waals surface area contributed by atoms with Gasteiger partial charge in [0.05, 0.1) is 12.8 Å². The van der Waals surface area contributed by atoms with E-state index in [9.17, 15) is 9.59 Å². The maximum Gasteiger partial charge on any atom is 0.306 e. The van der Waals surface area contributed by atoms with Gasteiger partial charge in [-0.3, -0.25) is 24.9 Å². The molecule has 1 unspecified atom stereocenters. The number of rotatable bonds is 10. The summed E-state index contributed by atoms with van der Waals surface area (Å²) in [6.07, 6.45) is 3.90. The fourth-order valence-corrected chi connectivity index (χ4v) is 4.47. The first-order chi connectivity index (χ1) is 17.3. The highest BCUT2D eigenvalue weighted by atomic mass is 35.5. The number of benzene rings is 1. The number of esters is 1. The predicted octanol–water partition coefficient (Wildman–Crippen LogP) is 3.97. The molecule has 9 nitrogen and oxygen atoms in total. The number of aromatic nitrogens is 2. The summed E-state index contributed by atoms with van der Waals surface area (Å²) < 4.78 is 5.10. The van der Waals surface area contributed by atoms with Crippen LogP contribution in [0.3, 0.4) is 0 Å². The summed E-state index contributed by atoms with van der Waals surface area (Å²) in [5.41, 5.74) is 4.46.